The maximum Gasteiger partial charge on any atom is 0.124 e. The standard InChI is InChI=1S/C17H20FN3O/c1-21(2)16-5-7-19-10-12(16)11-20-15-6-8-22-17-4-3-13(18)9-14(15)17/h3-5,7,9-10,15,20H,6,8,11H2,1-2H3/t15-/m0/s1. The normalized spacial score (nSPS) is 16.8. The van der Waals surface area contributed by atoms with Crippen molar-refractivity contribution in [1.82, 2.24) is 10.3 Å². The lowest BCUT2D eigenvalue weighted by atomic mass is 10.00. The number of nitrogens with zero attached hydrogens (tertiary/aromatic N) is 2. The van der Waals surface area contributed by atoms with Gasteiger partial charge in [0.2, 0.25) is 0 Å². The topological polar surface area (TPSA) is 37.4 Å². The summed E-state index contributed by atoms with van der Waals surface area (Å²) in [5.74, 6) is 0.538. The summed E-state index contributed by atoms with van der Waals surface area (Å²) < 4.78 is 19.1. The molecule has 1 aromatic carbocycles. The molecular weight excluding hydrogens is 281 g/mol. The number of halogens is 1. The van der Waals surface area contributed by atoms with Crippen LogP contribution in [-0.4, -0.2) is 25.7 Å². The molecule has 0 bridgehead atoms. The fourth-order valence-corrected chi connectivity index (χ4v) is 2.80. The summed E-state index contributed by atoms with van der Waals surface area (Å²) in [5.41, 5.74) is 3.15. The average Bonchev–Trinajstić information content (AvgIpc) is 2.53. The minimum absolute atomic E-state index is 0.0923. The molecule has 1 aliphatic rings. The van der Waals surface area contributed by atoms with Crippen LogP contribution in [0.3, 0.4) is 0 Å². The molecule has 0 saturated carbocycles. The Bertz CT molecular complexity index is 660. The number of hydrogen-bond donors (Lipinski definition) is 1. The smallest absolute Gasteiger partial charge is 0.124 e. The summed E-state index contributed by atoms with van der Waals surface area (Å²) in [5, 5.41) is 3.50. The number of ether oxygens (including phenoxy) is 1. The molecule has 1 N–H and O–H groups in total. The van der Waals surface area contributed by atoms with Crippen LogP contribution in [0.25, 0.3) is 0 Å². The van der Waals surface area contributed by atoms with Gasteiger partial charge in [-0.2, -0.15) is 0 Å². The average molecular weight is 301 g/mol. The van der Waals surface area contributed by atoms with Gasteiger partial charge in [-0.1, -0.05) is 0 Å². The van der Waals surface area contributed by atoms with E-state index in [0.717, 1.165) is 29.0 Å². The van der Waals surface area contributed by atoms with Crippen molar-refractivity contribution in [3.63, 3.8) is 0 Å². The van der Waals surface area contributed by atoms with E-state index >= 15 is 0 Å². The molecule has 4 nitrogen and oxygen atoms in total. The van der Waals surface area contributed by atoms with Crippen molar-refractivity contribution < 1.29 is 9.13 Å². The van der Waals surface area contributed by atoms with E-state index < -0.39 is 0 Å². The van der Waals surface area contributed by atoms with Crippen molar-refractivity contribution in [2.75, 3.05) is 25.6 Å². The van der Waals surface area contributed by atoms with Crippen molar-refractivity contribution in [2.24, 2.45) is 0 Å². The van der Waals surface area contributed by atoms with Crippen LogP contribution in [0.15, 0.2) is 36.7 Å². The molecule has 0 radical (unpaired) electrons. The number of nitrogens with one attached hydrogen (secondary N) is 1. The van der Waals surface area contributed by atoms with E-state index in [0.29, 0.717) is 13.2 Å². The number of hydrogen-bond acceptors (Lipinski definition) is 4. The predicted octanol–water partition coefficient (Wildman–Crippen LogP) is 2.90. The number of aromatic nitrogens is 1. The third-order valence-electron chi connectivity index (χ3n) is 3.91. The van der Waals surface area contributed by atoms with Crippen molar-refractivity contribution in [3.8, 4) is 5.75 Å². The molecule has 0 saturated heterocycles. The van der Waals surface area contributed by atoms with Crippen molar-refractivity contribution in [1.29, 1.82) is 0 Å². The van der Waals surface area contributed by atoms with E-state index in [4.69, 9.17) is 4.74 Å². The molecule has 0 spiro atoms. The first-order valence-electron chi connectivity index (χ1n) is 7.41. The molecule has 1 aliphatic heterocycles. The van der Waals surface area contributed by atoms with Gasteiger partial charge in [0.25, 0.3) is 0 Å². The van der Waals surface area contributed by atoms with Gasteiger partial charge in [0.05, 0.1) is 6.61 Å². The molecule has 0 aliphatic carbocycles. The molecule has 1 aromatic heterocycles. The molecule has 116 valence electrons. The molecule has 5 heteroatoms. The van der Waals surface area contributed by atoms with Crippen LogP contribution >= 0.6 is 0 Å². The maximum absolute atomic E-state index is 13.5. The highest BCUT2D eigenvalue weighted by atomic mass is 19.1. The molecule has 3 rings (SSSR count). The quantitative estimate of drug-likeness (QED) is 0.942. The van der Waals surface area contributed by atoms with Crippen LogP contribution < -0.4 is 15.0 Å². The number of rotatable bonds is 4. The van der Waals surface area contributed by atoms with Crippen LogP contribution in [0.2, 0.25) is 0 Å². The summed E-state index contributed by atoms with van der Waals surface area (Å²) >= 11 is 0. The highest BCUT2D eigenvalue weighted by Gasteiger charge is 2.22. The van der Waals surface area contributed by atoms with E-state index in [1.165, 1.54) is 6.07 Å². The van der Waals surface area contributed by atoms with Gasteiger partial charge in [0.1, 0.15) is 11.6 Å². The Balaban J connectivity index is 1.77. The molecule has 2 heterocycles. The summed E-state index contributed by atoms with van der Waals surface area (Å²) in [6.07, 6.45) is 4.49. The zero-order valence-corrected chi connectivity index (χ0v) is 12.8. The van der Waals surface area contributed by atoms with E-state index in [1.807, 2.05) is 26.4 Å². The molecule has 0 unspecified atom stereocenters. The van der Waals surface area contributed by atoms with Crippen LogP contribution in [0.4, 0.5) is 10.1 Å². The van der Waals surface area contributed by atoms with Crippen LogP contribution in [0.5, 0.6) is 5.75 Å². The number of anilines is 1. The van der Waals surface area contributed by atoms with Crippen LogP contribution in [0.1, 0.15) is 23.6 Å². The Hall–Kier alpha value is -2.14. The lowest BCUT2D eigenvalue weighted by molar-refractivity contribution is 0.251. The first kappa shape index (κ1) is 14.8. The van der Waals surface area contributed by atoms with Gasteiger partial charge >= 0.3 is 0 Å². The van der Waals surface area contributed by atoms with Gasteiger partial charge in [-0.05, 0) is 24.3 Å². The zero-order chi connectivity index (χ0) is 15.5. The Kier molecular flexibility index (Phi) is 4.24. The number of benzene rings is 1. The Morgan fingerprint density at radius 3 is 3.05 bits per heavy atom. The van der Waals surface area contributed by atoms with Gasteiger partial charge in [-0.15, -0.1) is 0 Å². The van der Waals surface area contributed by atoms with E-state index in [1.54, 1.807) is 18.3 Å². The number of fused-ring (bicyclic) bond motifs is 1. The predicted molar refractivity (Wildman–Crippen MR) is 84.7 cm³/mol. The fraction of sp³-hybridized carbons (Fsp3) is 0.353. The zero-order valence-electron chi connectivity index (χ0n) is 12.8. The SMILES string of the molecule is CN(C)c1ccncc1CN[C@H]1CCOc2ccc(F)cc21. The van der Waals surface area contributed by atoms with Crippen molar-refractivity contribution >= 4 is 5.69 Å². The highest BCUT2D eigenvalue weighted by molar-refractivity contribution is 5.51. The molecule has 2 aromatic rings. The molecule has 0 amide bonds. The van der Waals surface area contributed by atoms with Gasteiger partial charge in [0.15, 0.2) is 0 Å². The third-order valence-corrected chi connectivity index (χ3v) is 3.91. The second-order valence-electron chi connectivity index (χ2n) is 5.65. The van der Waals surface area contributed by atoms with Gasteiger partial charge in [0, 0.05) is 62.3 Å². The first-order chi connectivity index (χ1) is 10.6. The summed E-state index contributed by atoms with van der Waals surface area (Å²) in [7, 11) is 4.02. The van der Waals surface area contributed by atoms with E-state index in [9.17, 15) is 4.39 Å². The molecule has 1 atom stereocenters. The molecule has 0 fully saturated rings. The fourth-order valence-electron chi connectivity index (χ4n) is 2.80. The van der Waals surface area contributed by atoms with E-state index in [2.05, 4.69) is 15.2 Å². The minimum atomic E-state index is -0.230. The first-order valence-corrected chi connectivity index (χ1v) is 7.41. The van der Waals surface area contributed by atoms with Crippen molar-refractivity contribution in [3.05, 3.63) is 53.6 Å². The van der Waals surface area contributed by atoms with Gasteiger partial charge in [-0.3, -0.25) is 4.98 Å². The van der Waals surface area contributed by atoms with Crippen molar-refractivity contribution in [2.45, 2.75) is 19.0 Å². The lowest BCUT2D eigenvalue weighted by Gasteiger charge is -2.27. The largest absolute Gasteiger partial charge is 0.493 e. The summed E-state index contributed by atoms with van der Waals surface area (Å²) in [6.45, 7) is 1.33. The Morgan fingerprint density at radius 1 is 1.36 bits per heavy atom. The molecule has 22 heavy (non-hydrogen) atoms. The summed E-state index contributed by atoms with van der Waals surface area (Å²) in [6, 6.07) is 6.78. The second kappa shape index (κ2) is 6.32. The highest BCUT2D eigenvalue weighted by Crippen LogP contribution is 2.33. The summed E-state index contributed by atoms with van der Waals surface area (Å²) in [4.78, 5) is 6.26. The van der Waals surface area contributed by atoms with Gasteiger partial charge in [-0.25, -0.2) is 4.39 Å². The Morgan fingerprint density at radius 2 is 2.23 bits per heavy atom. The Labute approximate surface area is 129 Å². The van der Waals surface area contributed by atoms with Crippen LogP contribution in [-0.2, 0) is 6.54 Å². The minimum Gasteiger partial charge on any atom is -0.493 e. The lowest BCUT2D eigenvalue weighted by Crippen LogP contribution is -2.27. The van der Waals surface area contributed by atoms with Crippen LogP contribution in [0, 0.1) is 5.82 Å². The monoisotopic (exact) mass is 301 g/mol. The van der Waals surface area contributed by atoms with Gasteiger partial charge < -0.3 is 15.0 Å². The second-order valence-corrected chi connectivity index (χ2v) is 5.65. The molecular formula is C17H20FN3O. The third kappa shape index (κ3) is 3.04. The van der Waals surface area contributed by atoms with E-state index in [-0.39, 0.29) is 11.9 Å². The number of pyridine rings is 1. The maximum atomic E-state index is 13.5.